The van der Waals surface area contributed by atoms with Crippen LogP contribution in [0.2, 0.25) is 0 Å². The lowest BCUT2D eigenvalue weighted by atomic mass is 10.0. The molecule has 2 aromatic carbocycles. The summed E-state index contributed by atoms with van der Waals surface area (Å²) in [6.07, 6.45) is 1.36. The van der Waals surface area contributed by atoms with Crippen molar-refractivity contribution in [1.29, 1.82) is 0 Å². The summed E-state index contributed by atoms with van der Waals surface area (Å²) in [4.78, 5) is 12.6. The number of aromatic hydroxyl groups is 2. The number of phenols is 2. The van der Waals surface area contributed by atoms with Gasteiger partial charge in [-0.15, -0.1) is 0 Å². The molecular weight excluding hydrogens is 268 g/mol. The van der Waals surface area contributed by atoms with Crippen LogP contribution >= 0.6 is 0 Å². The first kappa shape index (κ1) is 13.2. The number of fused-ring (bicyclic) bond motifs is 1. The van der Waals surface area contributed by atoms with Crippen LogP contribution in [0.1, 0.15) is 11.1 Å². The second-order valence-corrected chi connectivity index (χ2v) is 5.09. The summed E-state index contributed by atoms with van der Waals surface area (Å²) in [6, 6.07) is 8.63. The number of benzene rings is 2. The van der Waals surface area contributed by atoms with Gasteiger partial charge in [0.05, 0.1) is 5.56 Å². The van der Waals surface area contributed by atoms with E-state index in [1.807, 2.05) is 31.2 Å². The number of aryl methyl sites for hydroxylation is 2. The molecule has 0 aliphatic heterocycles. The Morgan fingerprint density at radius 1 is 1.00 bits per heavy atom. The molecule has 0 atom stereocenters. The van der Waals surface area contributed by atoms with Crippen LogP contribution in [0.15, 0.2) is 45.8 Å². The number of rotatable bonds is 1. The fourth-order valence-electron chi connectivity index (χ4n) is 2.34. The third-order valence-corrected chi connectivity index (χ3v) is 3.61. The first-order chi connectivity index (χ1) is 9.99. The quantitative estimate of drug-likeness (QED) is 0.716. The Morgan fingerprint density at radius 3 is 2.33 bits per heavy atom. The lowest BCUT2D eigenvalue weighted by Crippen LogP contribution is -2.05. The fraction of sp³-hybridized carbons (Fsp3) is 0.118. The molecule has 4 heteroatoms. The van der Waals surface area contributed by atoms with Crippen molar-refractivity contribution in [3.63, 3.8) is 0 Å². The largest absolute Gasteiger partial charge is 0.507 e. The standard InChI is InChI=1S/C17H14O4/c1-9-3-5-11(6-4-9)12-8-21-17-10(2)13(18)7-14(19)15(17)16(12)20/h3-8,18-19H,1-2H3. The second kappa shape index (κ2) is 4.66. The maximum atomic E-state index is 12.6. The molecule has 21 heavy (non-hydrogen) atoms. The summed E-state index contributed by atoms with van der Waals surface area (Å²) in [5.74, 6) is -0.387. The van der Waals surface area contributed by atoms with E-state index >= 15 is 0 Å². The molecule has 0 spiro atoms. The molecule has 2 N–H and O–H groups in total. The van der Waals surface area contributed by atoms with Crippen molar-refractivity contribution in [3.8, 4) is 22.6 Å². The van der Waals surface area contributed by atoms with Gasteiger partial charge in [-0.3, -0.25) is 4.79 Å². The van der Waals surface area contributed by atoms with Crippen LogP contribution in [0.4, 0.5) is 0 Å². The minimum Gasteiger partial charge on any atom is -0.507 e. The molecule has 0 unspecified atom stereocenters. The Kier molecular flexibility index (Phi) is 2.94. The molecule has 0 radical (unpaired) electrons. The van der Waals surface area contributed by atoms with Gasteiger partial charge in [0.2, 0.25) is 5.43 Å². The first-order valence-corrected chi connectivity index (χ1v) is 6.53. The molecular formula is C17H14O4. The average molecular weight is 282 g/mol. The number of hydrogen-bond acceptors (Lipinski definition) is 4. The van der Waals surface area contributed by atoms with Crippen LogP contribution in [-0.2, 0) is 0 Å². The third-order valence-electron chi connectivity index (χ3n) is 3.61. The van der Waals surface area contributed by atoms with Crippen LogP contribution in [0.25, 0.3) is 22.1 Å². The van der Waals surface area contributed by atoms with Gasteiger partial charge in [-0.25, -0.2) is 0 Å². The highest BCUT2D eigenvalue weighted by Gasteiger charge is 2.16. The summed E-state index contributed by atoms with van der Waals surface area (Å²) >= 11 is 0. The topological polar surface area (TPSA) is 70.7 Å². The Morgan fingerprint density at radius 2 is 1.67 bits per heavy atom. The van der Waals surface area contributed by atoms with E-state index in [1.165, 1.54) is 6.26 Å². The maximum absolute atomic E-state index is 12.6. The lowest BCUT2D eigenvalue weighted by molar-refractivity contribution is 0.449. The smallest absolute Gasteiger partial charge is 0.204 e. The second-order valence-electron chi connectivity index (χ2n) is 5.09. The molecule has 1 heterocycles. The van der Waals surface area contributed by atoms with E-state index in [0.29, 0.717) is 11.1 Å². The minimum atomic E-state index is -0.319. The van der Waals surface area contributed by atoms with Crippen LogP contribution in [0.5, 0.6) is 11.5 Å². The van der Waals surface area contributed by atoms with E-state index in [4.69, 9.17) is 4.42 Å². The summed E-state index contributed by atoms with van der Waals surface area (Å²) in [5.41, 5.74) is 2.50. The van der Waals surface area contributed by atoms with Gasteiger partial charge in [-0.05, 0) is 19.4 Å². The van der Waals surface area contributed by atoms with E-state index < -0.39 is 0 Å². The molecule has 0 aliphatic carbocycles. The van der Waals surface area contributed by atoms with Crippen molar-refractivity contribution in [2.75, 3.05) is 0 Å². The molecule has 4 nitrogen and oxygen atoms in total. The molecule has 1 aromatic heterocycles. The van der Waals surface area contributed by atoms with E-state index in [-0.39, 0.29) is 27.9 Å². The lowest BCUT2D eigenvalue weighted by Gasteiger charge is -2.08. The van der Waals surface area contributed by atoms with Gasteiger partial charge in [0, 0.05) is 11.6 Å². The van der Waals surface area contributed by atoms with E-state index in [2.05, 4.69) is 0 Å². The van der Waals surface area contributed by atoms with Crippen molar-refractivity contribution in [1.82, 2.24) is 0 Å². The van der Waals surface area contributed by atoms with Crippen molar-refractivity contribution in [3.05, 3.63) is 57.9 Å². The van der Waals surface area contributed by atoms with Crippen LogP contribution in [0, 0.1) is 13.8 Å². The highest BCUT2D eigenvalue weighted by molar-refractivity contribution is 5.90. The van der Waals surface area contributed by atoms with Gasteiger partial charge >= 0.3 is 0 Å². The van der Waals surface area contributed by atoms with Crippen LogP contribution < -0.4 is 5.43 Å². The van der Waals surface area contributed by atoms with Crippen molar-refractivity contribution in [2.45, 2.75) is 13.8 Å². The number of hydrogen-bond donors (Lipinski definition) is 2. The molecule has 0 bridgehead atoms. The van der Waals surface area contributed by atoms with Gasteiger partial charge < -0.3 is 14.6 Å². The predicted molar refractivity (Wildman–Crippen MR) is 80.7 cm³/mol. The van der Waals surface area contributed by atoms with Crippen LogP contribution in [-0.4, -0.2) is 10.2 Å². The zero-order chi connectivity index (χ0) is 15.1. The Hall–Kier alpha value is -2.75. The van der Waals surface area contributed by atoms with Gasteiger partial charge in [-0.2, -0.15) is 0 Å². The Bertz CT molecular complexity index is 889. The fourth-order valence-corrected chi connectivity index (χ4v) is 2.34. The van der Waals surface area contributed by atoms with E-state index in [1.54, 1.807) is 6.92 Å². The maximum Gasteiger partial charge on any atom is 0.204 e. The Balaban J connectivity index is 2.36. The highest BCUT2D eigenvalue weighted by atomic mass is 16.3. The molecule has 0 saturated carbocycles. The van der Waals surface area contributed by atoms with Crippen molar-refractivity contribution in [2.24, 2.45) is 0 Å². The van der Waals surface area contributed by atoms with Gasteiger partial charge in [-0.1, -0.05) is 29.8 Å². The van der Waals surface area contributed by atoms with E-state index in [0.717, 1.165) is 17.2 Å². The molecule has 3 aromatic rings. The zero-order valence-corrected chi connectivity index (χ0v) is 11.7. The summed E-state index contributed by atoms with van der Waals surface area (Å²) < 4.78 is 5.48. The minimum absolute atomic E-state index is 0.0865. The highest BCUT2D eigenvalue weighted by Crippen LogP contribution is 2.33. The molecule has 3 rings (SSSR count). The van der Waals surface area contributed by atoms with Crippen molar-refractivity contribution >= 4 is 11.0 Å². The molecule has 0 aliphatic rings. The molecule has 106 valence electrons. The van der Waals surface area contributed by atoms with E-state index in [9.17, 15) is 15.0 Å². The number of phenolic OH excluding ortho intramolecular Hbond substituents is 2. The van der Waals surface area contributed by atoms with Gasteiger partial charge in [0.1, 0.15) is 28.7 Å². The average Bonchev–Trinajstić information content (AvgIpc) is 2.45. The third kappa shape index (κ3) is 2.05. The predicted octanol–water partition coefficient (Wildman–Crippen LogP) is 3.49. The monoisotopic (exact) mass is 282 g/mol. The first-order valence-electron chi connectivity index (χ1n) is 6.53. The van der Waals surface area contributed by atoms with Crippen LogP contribution in [0.3, 0.4) is 0 Å². The van der Waals surface area contributed by atoms with Gasteiger partial charge in [0.15, 0.2) is 0 Å². The molecule has 0 saturated heterocycles. The SMILES string of the molecule is Cc1ccc(-c2coc3c(C)c(O)cc(O)c3c2=O)cc1. The molecule has 0 fully saturated rings. The normalized spacial score (nSPS) is 11.0. The zero-order valence-electron chi connectivity index (χ0n) is 11.7. The Labute approximate surface area is 120 Å². The summed E-state index contributed by atoms with van der Waals surface area (Å²) in [5, 5.41) is 19.7. The van der Waals surface area contributed by atoms with Crippen molar-refractivity contribution < 1.29 is 14.6 Å². The summed E-state index contributed by atoms with van der Waals surface area (Å²) in [6.45, 7) is 3.59. The summed E-state index contributed by atoms with van der Waals surface area (Å²) in [7, 11) is 0. The molecule has 0 amide bonds. The van der Waals surface area contributed by atoms with Gasteiger partial charge in [0.25, 0.3) is 0 Å².